The second kappa shape index (κ2) is 5.54. The van der Waals surface area contributed by atoms with Crippen molar-refractivity contribution in [3.05, 3.63) is 28.8 Å². The molecule has 1 aromatic rings. The third-order valence-electron chi connectivity index (χ3n) is 2.87. The summed E-state index contributed by atoms with van der Waals surface area (Å²) >= 11 is 11.0. The number of carbonyl (C=O) groups is 1. The van der Waals surface area contributed by atoms with Crippen molar-refractivity contribution in [2.24, 2.45) is 5.73 Å². The van der Waals surface area contributed by atoms with Gasteiger partial charge in [0.15, 0.2) is 0 Å². The zero-order valence-electron chi connectivity index (χ0n) is 9.70. The molecule has 1 atom stereocenters. The molecule has 4 nitrogen and oxygen atoms in total. The van der Waals surface area contributed by atoms with Gasteiger partial charge in [0.05, 0.1) is 5.02 Å². The molecule has 1 aromatic carbocycles. The van der Waals surface area contributed by atoms with Gasteiger partial charge in [-0.15, -0.1) is 0 Å². The van der Waals surface area contributed by atoms with E-state index in [-0.39, 0.29) is 16.9 Å². The maximum Gasteiger partial charge on any atom is 0.220 e. The summed E-state index contributed by atoms with van der Waals surface area (Å²) in [4.78, 5) is 11.3. The SMILES string of the molecule is NC(=S)c1ccc(NC2CCC(=O)NC2)cc1Cl. The minimum absolute atomic E-state index is 0.106. The first-order valence-electron chi connectivity index (χ1n) is 5.69. The highest BCUT2D eigenvalue weighted by Gasteiger charge is 2.17. The third-order valence-corrected chi connectivity index (χ3v) is 3.40. The van der Waals surface area contributed by atoms with Crippen LogP contribution in [0.3, 0.4) is 0 Å². The molecule has 1 unspecified atom stereocenters. The van der Waals surface area contributed by atoms with Crippen LogP contribution >= 0.6 is 23.8 Å². The molecule has 0 aliphatic carbocycles. The van der Waals surface area contributed by atoms with Gasteiger partial charge in [-0.05, 0) is 24.6 Å². The number of anilines is 1. The van der Waals surface area contributed by atoms with Crippen LogP contribution in [0.5, 0.6) is 0 Å². The van der Waals surface area contributed by atoms with Crippen LogP contribution in [0.4, 0.5) is 5.69 Å². The van der Waals surface area contributed by atoms with Crippen LogP contribution in [0, 0.1) is 0 Å². The summed E-state index contributed by atoms with van der Waals surface area (Å²) in [5, 5.41) is 6.68. The van der Waals surface area contributed by atoms with Gasteiger partial charge in [0.1, 0.15) is 4.99 Å². The first-order chi connectivity index (χ1) is 8.56. The monoisotopic (exact) mass is 283 g/mol. The highest BCUT2D eigenvalue weighted by molar-refractivity contribution is 7.80. The minimum Gasteiger partial charge on any atom is -0.389 e. The molecule has 96 valence electrons. The van der Waals surface area contributed by atoms with Gasteiger partial charge in [-0.2, -0.15) is 0 Å². The molecule has 1 amide bonds. The number of carbonyl (C=O) groups excluding carboxylic acids is 1. The van der Waals surface area contributed by atoms with Crippen molar-refractivity contribution in [1.29, 1.82) is 0 Å². The highest BCUT2D eigenvalue weighted by atomic mass is 35.5. The fourth-order valence-corrected chi connectivity index (χ4v) is 2.41. The summed E-state index contributed by atoms with van der Waals surface area (Å²) in [6.45, 7) is 0.632. The van der Waals surface area contributed by atoms with E-state index >= 15 is 0 Å². The Morgan fingerprint density at radius 1 is 1.56 bits per heavy atom. The molecular formula is C12H14ClN3OS. The predicted molar refractivity (Wildman–Crippen MR) is 77.0 cm³/mol. The number of hydrogen-bond acceptors (Lipinski definition) is 3. The second-order valence-electron chi connectivity index (χ2n) is 4.24. The molecular weight excluding hydrogens is 270 g/mol. The molecule has 0 aromatic heterocycles. The summed E-state index contributed by atoms with van der Waals surface area (Å²) in [6.07, 6.45) is 1.37. The van der Waals surface area contributed by atoms with E-state index < -0.39 is 0 Å². The lowest BCUT2D eigenvalue weighted by Gasteiger charge is -2.24. The van der Waals surface area contributed by atoms with Crippen LogP contribution in [0.1, 0.15) is 18.4 Å². The van der Waals surface area contributed by atoms with E-state index in [9.17, 15) is 4.79 Å². The number of nitrogens with two attached hydrogens (primary N) is 1. The molecule has 0 radical (unpaired) electrons. The van der Waals surface area contributed by atoms with E-state index in [1.807, 2.05) is 6.07 Å². The molecule has 0 spiro atoms. The van der Waals surface area contributed by atoms with Crippen LogP contribution in [0.2, 0.25) is 5.02 Å². The van der Waals surface area contributed by atoms with E-state index in [4.69, 9.17) is 29.6 Å². The number of halogens is 1. The number of rotatable bonds is 3. The molecule has 1 aliphatic heterocycles. The number of amides is 1. The molecule has 1 aliphatic rings. The van der Waals surface area contributed by atoms with Crippen molar-refractivity contribution < 1.29 is 4.79 Å². The second-order valence-corrected chi connectivity index (χ2v) is 5.09. The Balaban J connectivity index is 2.04. The lowest BCUT2D eigenvalue weighted by Crippen LogP contribution is -2.41. The van der Waals surface area contributed by atoms with Crippen LogP contribution in [-0.4, -0.2) is 23.5 Å². The van der Waals surface area contributed by atoms with Gasteiger partial charge in [-0.25, -0.2) is 0 Å². The average Bonchev–Trinajstić information content (AvgIpc) is 2.32. The van der Waals surface area contributed by atoms with Gasteiger partial charge < -0.3 is 16.4 Å². The zero-order valence-corrected chi connectivity index (χ0v) is 11.3. The predicted octanol–water partition coefficient (Wildman–Crippen LogP) is 1.66. The molecule has 1 fully saturated rings. The van der Waals surface area contributed by atoms with Crippen LogP contribution in [-0.2, 0) is 4.79 Å². The topological polar surface area (TPSA) is 67.1 Å². The Hall–Kier alpha value is -1.33. The smallest absolute Gasteiger partial charge is 0.220 e. The first kappa shape index (κ1) is 13.1. The van der Waals surface area contributed by atoms with Gasteiger partial charge in [-0.1, -0.05) is 23.8 Å². The van der Waals surface area contributed by atoms with Crippen LogP contribution < -0.4 is 16.4 Å². The van der Waals surface area contributed by atoms with E-state index in [0.29, 0.717) is 23.6 Å². The lowest BCUT2D eigenvalue weighted by atomic mass is 10.1. The Labute approximate surface area is 116 Å². The molecule has 0 bridgehead atoms. The molecule has 2 rings (SSSR count). The quantitative estimate of drug-likeness (QED) is 0.738. The normalized spacial score (nSPS) is 19.2. The summed E-state index contributed by atoms with van der Waals surface area (Å²) in [7, 11) is 0. The number of piperidine rings is 1. The van der Waals surface area contributed by atoms with Crippen molar-refractivity contribution in [3.8, 4) is 0 Å². The number of nitrogens with one attached hydrogen (secondary N) is 2. The van der Waals surface area contributed by atoms with Gasteiger partial charge in [0.2, 0.25) is 5.91 Å². The van der Waals surface area contributed by atoms with E-state index in [1.54, 1.807) is 12.1 Å². The van der Waals surface area contributed by atoms with Crippen LogP contribution in [0.15, 0.2) is 18.2 Å². The summed E-state index contributed by atoms with van der Waals surface area (Å²) < 4.78 is 0. The van der Waals surface area contributed by atoms with E-state index in [2.05, 4.69) is 10.6 Å². The van der Waals surface area contributed by atoms with Gasteiger partial charge >= 0.3 is 0 Å². The number of benzene rings is 1. The maximum atomic E-state index is 11.0. The largest absolute Gasteiger partial charge is 0.389 e. The minimum atomic E-state index is 0.106. The Morgan fingerprint density at radius 2 is 2.33 bits per heavy atom. The first-order valence-corrected chi connectivity index (χ1v) is 6.47. The number of hydrogen-bond donors (Lipinski definition) is 3. The average molecular weight is 284 g/mol. The van der Waals surface area contributed by atoms with Crippen molar-refractivity contribution in [3.63, 3.8) is 0 Å². The number of thiocarbonyl (C=S) groups is 1. The fraction of sp³-hybridized carbons (Fsp3) is 0.333. The lowest BCUT2D eigenvalue weighted by molar-refractivity contribution is -0.122. The van der Waals surface area contributed by atoms with Crippen molar-refractivity contribution in [2.75, 3.05) is 11.9 Å². The highest BCUT2D eigenvalue weighted by Crippen LogP contribution is 2.22. The van der Waals surface area contributed by atoms with E-state index in [1.165, 1.54) is 0 Å². The Kier molecular flexibility index (Phi) is 4.04. The standard InChI is InChI=1S/C12H14ClN3OS/c13-10-5-7(1-3-9(10)12(14)18)16-8-2-4-11(17)15-6-8/h1,3,5,8,16H,2,4,6H2,(H2,14,18)(H,15,17). The Bertz CT molecular complexity index is 482. The van der Waals surface area contributed by atoms with Gasteiger partial charge in [0.25, 0.3) is 0 Å². The summed E-state index contributed by atoms with van der Waals surface area (Å²) in [5.41, 5.74) is 7.12. The molecule has 4 N–H and O–H groups in total. The van der Waals surface area contributed by atoms with Gasteiger partial charge in [-0.3, -0.25) is 4.79 Å². The molecule has 1 saturated heterocycles. The molecule has 18 heavy (non-hydrogen) atoms. The van der Waals surface area contributed by atoms with Gasteiger partial charge in [0, 0.05) is 30.3 Å². The summed E-state index contributed by atoms with van der Waals surface area (Å²) in [5.74, 6) is 0.106. The Morgan fingerprint density at radius 3 is 2.89 bits per heavy atom. The summed E-state index contributed by atoms with van der Waals surface area (Å²) in [6, 6.07) is 5.71. The van der Waals surface area contributed by atoms with Crippen molar-refractivity contribution >= 4 is 40.4 Å². The zero-order chi connectivity index (χ0) is 13.1. The van der Waals surface area contributed by atoms with Crippen LogP contribution in [0.25, 0.3) is 0 Å². The molecule has 6 heteroatoms. The third kappa shape index (κ3) is 3.11. The fourth-order valence-electron chi connectivity index (χ4n) is 1.90. The van der Waals surface area contributed by atoms with Crippen molar-refractivity contribution in [2.45, 2.75) is 18.9 Å². The van der Waals surface area contributed by atoms with E-state index in [0.717, 1.165) is 12.1 Å². The maximum absolute atomic E-state index is 11.0. The molecule has 0 saturated carbocycles. The molecule has 1 heterocycles. The van der Waals surface area contributed by atoms with Crippen molar-refractivity contribution in [1.82, 2.24) is 5.32 Å².